The molecule has 0 radical (unpaired) electrons. The van der Waals surface area contributed by atoms with Crippen LogP contribution in [0.15, 0.2) is 36.4 Å². The number of carboxylic acid groups (broad SMARTS) is 1. The minimum Gasteiger partial charge on any atom is -0.494 e. The monoisotopic (exact) mass is 287 g/mol. The topological polar surface area (TPSA) is 77.2 Å². The second-order valence-electron chi connectivity index (χ2n) is 4.30. The zero-order valence-electron chi connectivity index (χ0n) is 10.9. The summed E-state index contributed by atoms with van der Waals surface area (Å²) < 4.78 is 19.8. The number of rotatable bonds is 3. The van der Waals surface area contributed by atoms with Crippen molar-refractivity contribution in [1.82, 2.24) is 15.0 Å². The van der Waals surface area contributed by atoms with Crippen LogP contribution in [0.4, 0.5) is 4.39 Å². The Morgan fingerprint density at radius 2 is 2.14 bits per heavy atom. The van der Waals surface area contributed by atoms with Crippen molar-refractivity contribution < 1.29 is 19.0 Å². The minimum absolute atomic E-state index is 0.0628. The Labute approximate surface area is 118 Å². The lowest BCUT2D eigenvalue weighted by Gasteiger charge is -2.06. The molecule has 21 heavy (non-hydrogen) atoms. The molecule has 0 saturated carbocycles. The molecule has 2 aromatic carbocycles. The number of fused-ring (bicyclic) bond motifs is 1. The molecule has 3 rings (SSSR count). The van der Waals surface area contributed by atoms with E-state index in [4.69, 9.17) is 9.84 Å². The van der Waals surface area contributed by atoms with Gasteiger partial charge in [-0.05, 0) is 24.3 Å². The standard InChI is InChI=1S/C14H10FN3O3/c1-21-12-7-8(5-6-10(12)15)18-11-4-2-3-9(14(19)20)13(11)16-17-18/h2-7H,1H3,(H,19,20). The maximum absolute atomic E-state index is 13.4. The van der Waals surface area contributed by atoms with Gasteiger partial charge in [0, 0.05) is 6.07 Å². The van der Waals surface area contributed by atoms with E-state index >= 15 is 0 Å². The molecule has 0 amide bonds. The number of carbonyl (C=O) groups is 1. The van der Waals surface area contributed by atoms with E-state index in [0.29, 0.717) is 11.2 Å². The van der Waals surface area contributed by atoms with Gasteiger partial charge in [0.25, 0.3) is 0 Å². The second-order valence-corrected chi connectivity index (χ2v) is 4.30. The van der Waals surface area contributed by atoms with Crippen LogP contribution in [0.5, 0.6) is 5.75 Å². The predicted octanol–water partition coefficient (Wildman–Crippen LogP) is 2.27. The Bertz CT molecular complexity index is 845. The second kappa shape index (κ2) is 4.86. The summed E-state index contributed by atoms with van der Waals surface area (Å²) in [7, 11) is 1.37. The molecule has 1 N–H and O–H groups in total. The SMILES string of the molecule is COc1cc(-n2nnc3c(C(=O)O)cccc32)ccc1F. The van der Waals surface area contributed by atoms with Gasteiger partial charge in [0.1, 0.15) is 5.52 Å². The fourth-order valence-electron chi connectivity index (χ4n) is 2.09. The minimum atomic E-state index is -1.08. The molecule has 0 aliphatic heterocycles. The molecule has 0 atom stereocenters. The van der Waals surface area contributed by atoms with Crippen molar-refractivity contribution in [2.45, 2.75) is 0 Å². The van der Waals surface area contributed by atoms with Gasteiger partial charge in [0.2, 0.25) is 0 Å². The van der Waals surface area contributed by atoms with Crippen molar-refractivity contribution in [3.8, 4) is 11.4 Å². The number of aromatic nitrogens is 3. The highest BCUT2D eigenvalue weighted by molar-refractivity contribution is 6.00. The van der Waals surface area contributed by atoms with E-state index in [0.717, 1.165) is 0 Å². The van der Waals surface area contributed by atoms with Gasteiger partial charge in [-0.25, -0.2) is 13.9 Å². The first-order valence-electron chi connectivity index (χ1n) is 6.03. The first kappa shape index (κ1) is 13.0. The number of ether oxygens (including phenoxy) is 1. The summed E-state index contributed by atoms with van der Waals surface area (Å²) in [6, 6.07) is 8.98. The number of hydrogen-bond acceptors (Lipinski definition) is 4. The summed E-state index contributed by atoms with van der Waals surface area (Å²) >= 11 is 0. The van der Waals surface area contributed by atoms with Crippen molar-refractivity contribution in [1.29, 1.82) is 0 Å². The highest BCUT2D eigenvalue weighted by atomic mass is 19.1. The fraction of sp³-hybridized carbons (Fsp3) is 0.0714. The lowest BCUT2D eigenvalue weighted by atomic mass is 10.2. The third kappa shape index (κ3) is 2.08. The largest absolute Gasteiger partial charge is 0.494 e. The van der Waals surface area contributed by atoms with Gasteiger partial charge in [0.05, 0.1) is 23.9 Å². The third-order valence-electron chi connectivity index (χ3n) is 3.09. The number of nitrogens with zero attached hydrogens (tertiary/aromatic N) is 3. The number of halogens is 1. The van der Waals surface area contributed by atoms with E-state index in [1.165, 1.54) is 36.1 Å². The molecule has 1 aromatic heterocycles. The molecule has 106 valence electrons. The maximum Gasteiger partial charge on any atom is 0.338 e. The van der Waals surface area contributed by atoms with Crippen molar-refractivity contribution in [3.05, 3.63) is 47.8 Å². The molecule has 0 fully saturated rings. The number of hydrogen-bond donors (Lipinski definition) is 1. The number of carboxylic acids is 1. The van der Waals surface area contributed by atoms with E-state index in [9.17, 15) is 9.18 Å². The molecule has 0 unspecified atom stereocenters. The molecule has 3 aromatic rings. The molecule has 6 nitrogen and oxygen atoms in total. The molecular weight excluding hydrogens is 277 g/mol. The van der Waals surface area contributed by atoms with Crippen molar-refractivity contribution >= 4 is 17.0 Å². The van der Waals surface area contributed by atoms with E-state index < -0.39 is 11.8 Å². The highest BCUT2D eigenvalue weighted by Crippen LogP contribution is 2.24. The Morgan fingerprint density at radius 3 is 2.86 bits per heavy atom. The summed E-state index contributed by atoms with van der Waals surface area (Å²) in [5.41, 5.74) is 1.38. The van der Waals surface area contributed by atoms with Crippen LogP contribution >= 0.6 is 0 Å². The normalized spacial score (nSPS) is 10.8. The highest BCUT2D eigenvalue weighted by Gasteiger charge is 2.15. The van der Waals surface area contributed by atoms with Crippen LogP contribution in [0.2, 0.25) is 0 Å². The summed E-state index contributed by atoms with van der Waals surface area (Å²) in [6.07, 6.45) is 0. The summed E-state index contributed by atoms with van der Waals surface area (Å²) in [5.74, 6) is -1.49. The Hall–Kier alpha value is -2.96. The van der Waals surface area contributed by atoms with Crippen LogP contribution in [0.1, 0.15) is 10.4 Å². The first-order valence-corrected chi connectivity index (χ1v) is 6.03. The van der Waals surface area contributed by atoms with E-state index in [1.54, 1.807) is 12.1 Å². The van der Waals surface area contributed by atoms with Crippen molar-refractivity contribution in [2.24, 2.45) is 0 Å². The average Bonchev–Trinajstić information content (AvgIpc) is 2.91. The Kier molecular flexibility index (Phi) is 3.02. The number of benzene rings is 2. The molecule has 0 bridgehead atoms. The van der Waals surface area contributed by atoms with E-state index in [2.05, 4.69) is 10.3 Å². The zero-order valence-corrected chi connectivity index (χ0v) is 10.9. The molecule has 0 aliphatic rings. The van der Waals surface area contributed by atoms with Gasteiger partial charge in [0.15, 0.2) is 11.6 Å². The van der Waals surface area contributed by atoms with E-state index in [1.807, 2.05) is 0 Å². The van der Waals surface area contributed by atoms with Gasteiger partial charge < -0.3 is 9.84 Å². The fourth-order valence-corrected chi connectivity index (χ4v) is 2.09. The van der Waals surface area contributed by atoms with Gasteiger partial charge in [-0.15, -0.1) is 5.10 Å². The number of aromatic carboxylic acids is 1. The zero-order chi connectivity index (χ0) is 15.0. The van der Waals surface area contributed by atoms with Crippen LogP contribution in [-0.4, -0.2) is 33.2 Å². The van der Waals surface area contributed by atoms with Crippen LogP contribution in [-0.2, 0) is 0 Å². The predicted molar refractivity (Wildman–Crippen MR) is 72.3 cm³/mol. The first-order chi connectivity index (χ1) is 10.1. The lowest BCUT2D eigenvalue weighted by Crippen LogP contribution is -1.99. The summed E-state index contributed by atoms with van der Waals surface area (Å²) in [5, 5.41) is 17.0. The van der Waals surface area contributed by atoms with Crippen molar-refractivity contribution in [3.63, 3.8) is 0 Å². The van der Waals surface area contributed by atoms with Crippen LogP contribution in [0, 0.1) is 5.82 Å². The Morgan fingerprint density at radius 1 is 1.33 bits per heavy atom. The van der Waals surface area contributed by atoms with Crippen LogP contribution in [0.3, 0.4) is 0 Å². The van der Waals surface area contributed by atoms with Gasteiger partial charge in [-0.1, -0.05) is 11.3 Å². The summed E-state index contributed by atoms with van der Waals surface area (Å²) in [6.45, 7) is 0. The quantitative estimate of drug-likeness (QED) is 0.799. The Balaban J connectivity index is 2.22. The van der Waals surface area contributed by atoms with Gasteiger partial charge in [-0.2, -0.15) is 0 Å². The lowest BCUT2D eigenvalue weighted by molar-refractivity contribution is 0.0699. The van der Waals surface area contributed by atoms with Gasteiger partial charge in [-0.3, -0.25) is 0 Å². The smallest absolute Gasteiger partial charge is 0.338 e. The third-order valence-corrected chi connectivity index (χ3v) is 3.09. The number of methoxy groups -OCH3 is 1. The molecule has 7 heteroatoms. The maximum atomic E-state index is 13.4. The van der Waals surface area contributed by atoms with Crippen LogP contribution in [0.25, 0.3) is 16.7 Å². The molecule has 0 spiro atoms. The molecule has 1 heterocycles. The van der Waals surface area contributed by atoms with Crippen LogP contribution < -0.4 is 4.74 Å². The van der Waals surface area contributed by atoms with Gasteiger partial charge >= 0.3 is 5.97 Å². The average molecular weight is 287 g/mol. The molecule has 0 saturated heterocycles. The van der Waals surface area contributed by atoms with Crippen molar-refractivity contribution in [2.75, 3.05) is 7.11 Å². The van der Waals surface area contributed by atoms with E-state index in [-0.39, 0.29) is 16.8 Å². The molecule has 0 aliphatic carbocycles. The summed E-state index contributed by atoms with van der Waals surface area (Å²) in [4.78, 5) is 11.2. The molecular formula is C14H10FN3O3.